The Morgan fingerprint density at radius 1 is 1.05 bits per heavy atom. The van der Waals surface area contributed by atoms with Gasteiger partial charge in [-0.2, -0.15) is 0 Å². The Balaban J connectivity index is 1.64. The Hall–Kier alpha value is -1.60. The van der Waals surface area contributed by atoms with Crippen molar-refractivity contribution < 1.29 is 0 Å². The molecule has 2 aromatic carbocycles. The third kappa shape index (κ3) is 2.11. The average Bonchev–Trinajstić information content (AvgIpc) is 3.25. The van der Waals surface area contributed by atoms with Gasteiger partial charge in [0.25, 0.3) is 0 Å². The van der Waals surface area contributed by atoms with Gasteiger partial charge in [-0.1, -0.05) is 54.1 Å². The molecule has 0 bridgehead atoms. The Morgan fingerprint density at radius 2 is 1.81 bits per heavy atom. The zero-order valence-electron chi connectivity index (χ0n) is 12.8. The van der Waals surface area contributed by atoms with Gasteiger partial charge in [0.1, 0.15) is 0 Å². The SMILES string of the molecule is CNC(c1ccc(C)cc1)C1C2CCc3ccccc3C21. The standard InChI is InChI=1S/C20H23N/c1-13-7-9-15(10-8-13)20(21-2)19-17-12-11-14-5-3-4-6-16(14)18(17)19/h3-10,17-21H,11-12H2,1-2H3. The zero-order valence-corrected chi connectivity index (χ0v) is 12.8. The van der Waals surface area contributed by atoms with Crippen LogP contribution in [-0.2, 0) is 6.42 Å². The summed E-state index contributed by atoms with van der Waals surface area (Å²) in [5.74, 6) is 2.41. The molecule has 1 fully saturated rings. The highest BCUT2D eigenvalue weighted by atomic mass is 14.9. The molecule has 0 aromatic heterocycles. The predicted octanol–water partition coefficient (Wildman–Crippen LogP) is 4.23. The summed E-state index contributed by atoms with van der Waals surface area (Å²) in [6.07, 6.45) is 2.62. The summed E-state index contributed by atoms with van der Waals surface area (Å²) >= 11 is 0. The summed E-state index contributed by atoms with van der Waals surface area (Å²) in [5.41, 5.74) is 5.98. The van der Waals surface area contributed by atoms with Crippen molar-refractivity contribution in [1.29, 1.82) is 0 Å². The van der Waals surface area contributed by atoms with Crippen molar-refractivity contribution in [3.8, 4) is 0 Å². The molecule has 21 heavy (non-hydrogen) atoms. The van der Waals surface area contributed by atoms with Crippen LogP contribution in [0.25, 0.3) is 0 Å². The van der Waals surface area contributed by atoms with Crippen LogP contribution in [0.5, 0.6) is 0 Å². The molecule has 108 valence electrons. The summed E-state index contributed by atoms with van der Waals surface area (Å²) in [6, 6.07) is 18.6. The molecule has 0 aliphatic heterocycles. The highest BCUT2D eigenvalue weighted by Crippen LogP contribution is 2.64. The topological polar surface area (TPSA) is 12.0 Å². The number of rotatable bonds is 3. The highest BCUT2D eigenvalue weighted by molar-refractivity contribution is 5.41. The molecule has 0 spiro atoms. The molecular formula is C20H23N. The van der Waals surface area contributed by atoms with Gasteiger partial charge in [-0.3, -0.25) is 0 Å². The number of benzene rings is 2. The van der Waals surface area contributed by atoms with E-state index >= 15 is 0 Å². The number of hydrogen-bond acceptors (Lipinski definition) is 1. The van der Waals surface area contributed by atoms with E-state index in [9.17, 15) is 0 Å². The van der Waals surface area contributed by atoms with Crippen molar-refractivity contribution in [2.45, 2.75) is 31.7 Å². The molecule has 1 nitrogen and oxygen atoms in total. The molecule has 2 aromatic rings. The van der Waals surface area contributed by atoms with Gasteiger partial charge < -0.3 is 5.32 Å². The van der Waals surface area contributed by atoms with Crippen molar-refractivity contribution in [3.05, 3.63) is 70.8 Å². The predicted molar refractivity (Wildman–Crippen MR) is 87.5 cm³/mol. The second kappa shape index (κ2) is 4.99. The molecule has 0 amide bonds. The first-order valence-corrected chi connectivity index (χ1v) is 8.11. The van der Waals surface area contributed by atoms with Gasteiger partial charge in [0.15, 0.2) is 0 Å². The molecule has 4 rings (SSSR count). The summed E-state index contributed by atoms with van der Waals surface area (Å²) in [6.45, 7) is 2.16. The molecule has 2 aliphatic carbocycles. The minimum atomic E-state index is 0.492. The Morgan fingerprint density at radius 3 is 2.57 bits per heavy atom. The van der Waals surface area contributed by atoms with E-state index in [1.807, 2.05) is 0 Å². The van der Waals surface area contributed by atoms with Gasteiger partial charge in [0.05, 0.1) is 0 Å². The van der Waals surface area contributed by atoms with Gasteiger partial charge >= 0.3 is 0 Å². The second-order valence-corrected chi connectivity index (χ2v) is 6.68. The summed E-state index contributed by atoms with van der Waals surface area (Å²) in [7, 11) is 2.11. The van der Waals surface area contributed by atoms with Crippen LogP contribution >= 0.6 is 0 Å². The van der Waals surface area contributed by atoms with E-state index in [0.29, 0.717) is 6.04 Å². The first-order chi connectivity index (χ1) is 10.3. The first-order valence-electron chi connectivity index (χ1n) is 8.11. The summed E-state index contributed by atoms with van der Waals surface area (Å²) < 4.78 is 0. The molecule has 0 heterocycles. The van der Waals surface area contributed by atoms with Crippen LogP contribution < -0.4 is 5.32 Å². The fraction of sp³-hybridized carbons (Fsp3) is 0.400. The van der Waals surface area contributed by atoms with Crippen LogP contribution in [0.2, 0.25) is 0 Å². The van der Waals surface area contributed by atoms with Gasteiger partial charge in [-0.25, -0.2) is 0 Å². The van der Waals surface area contributed by atoms with Crippen LogP contribution in [-0.4, -0.2) is 7.05 Å². The summed E-state index contributed by atoms with van der Waals surface area (Å²) in [4.78, 5) is 0. The molecule has 0 radical (unpaired) electrons. The smallest absolute Gasteiger partial charge is 0.0355 e. The minimum Gasteiger partial charge on any atom is -0.313 e. The molecule has 4 unspecified atom stereocenters. The fourth-order valence-electron chi connectivity index (χ4n) is 4.43. The van der Waals surface area contributed by atoms with E-state index in [0.717, 1.165) is 17.8 Å². The van der Waals surface area contributed by atoms with Gasteiger partial charge in [-0.05, 0) is 61.3 Å². The second-order valence-electron chi connectivity index (χ2n) is 6.68. The number of nitrogens with one attached hydrogen (secondary N) is 1. The van der Waals surface area contributed by atoms with Crippen molar-refractivity contribution >= 4 is 0 Å². The maximum atomic E-state index is 3.59. The largest absolute Gasteiger partial charge is 0.313 e. The van der Waals surface area contributed by atoms with Gasteiger partial charge in [-0.15, -0.1) is 0 Å². The van der Waals surface area contributed by atoms with E-state index in [4.69, 9.17) is 0 Å². The van der Waals surface area contributed by atoms with Crippen molar-refractivity contribution in [2.75, 3.05) is 7.05 Å². The molecular weight excluding hydrogens is 254 g/mol. The normalized spacial score (nSPS) is 27.6. The quantitative estimate of drug-likeness (QED) is 0.885. The van der Waals surface area contributed by atoms with Crippen molar-refractivity contribution in [3.63, 3.8) is 0 Å². The number of fused-ring (bicyclic) bond motifs is 3. The highest BCUT2D eigenvalue weighted by Gasteiger charge is 2.56. The maximum absolute atomic E-state index is 3.59. The minimum absolute atomic E-state index is 0.492. The number of hydrogen-bond donors (Lipinski definition) is 1. The Kier molecular flexibility index (Phi) is 3.11. The zero-order chi connectivity index (χ0) is 14.4. The third-order valence-electron chi connectivity index (χ3n) is 5.52. The Bertz CT molecular complexity index is 643. The molecule has 4 atom stereocenters. The lowest BCUT2D eigenvalue weighted by molar-refractivity contribution is 0.484. The third-order valence-corrected chi connectivity index (χ3v) is 5.52. The van der Waals surface area contributed by atoms with Gasteiger partial charge in [0.2, 0.25) is 0 Å². The number of aryl methyl sites for hydroxylation is 2. The van der Waals surface area contributed by atoms with Crippen LogP contribution in [0.3, 0.4) is 0 Å². The van der Waals surface area contributed by atoms with E-state index in [-0.39, 0.29) is 0 Å². The van der Waals surface area contributed by atoms with Crippen LogP contribution in [0.1, 0.15) is 40.6 Å². The Labute approximate surface area is 127 Å². The lowest BCUT2D eigenvalue weighted by atomic mass is 9.92. The van der Waals surface area contributed by atoms with Crippen LogP contribution in [0.15, 0.2) is 48.5 Å². The van der Waals surface area contributed by atoms with E-state index < -0.39 is 0 Å². The van der Waals surface area contributed by atoms with Crippen LogP contribution in [0, 0.1) is 18.8 Å². The molecule has 1 N–H and O–H groups in total. The molecule has 1 saturated carbocycles. The lowest BCUT2D eigenvalue weighted by Crippen LogP contribution is -2.19. The monoisotopic (exact) mass is 277 g/mol. The van der Waals surface area contributed by atoms with E-state index in [1.54, 1.807) is 11.1 Å². The average molecular weight is 277 g/mol. The van der Waals surface area contributed by atoms with E-state index in [2.05, 4.69) is 67.8 Å². The van der Waals surface area contributed by atoms with Crippen LogP contribution in [0.4, 0.5) is 0 Å². The van der Waals surface area contributed by atoms with Crippen molar-refractivity contribution in [2.24, 2.45) is 11.8 Å². The molecule has 0 saturated heterocycles. The fourth-order valence-corrected chi connectivity index (χ4v) is 4.43. The van der Waals surface area contributed by atoms with Gasteiger partial charge in [0, 0.05) is 6.04 Å². The first kappa shape index (κ1) is 13.1. The maximum Gasteiger partial charge on any atom is 0.0355 e. The van der Waals surface area contributed by atoms with E-state index in [1.165, 1.54) is 24.0 Å². The molecule has 1 heteroatoms. The van der Waals surface area contributed by atoms with Crippen molar-refractivity contribution in [1.82, 2.24) is 5.32 Å². The lowest BCUT2D eigenvalue weighted by Gasteiger charge is -2.17. The molecule has 2 aliphatic rings. The summed E-state index contributed by atoms with van der Waals surface area (Å²) in [5, 5.41) is 3.59.